The zero-order chi connectivity index (χ0) is 21.9. The Labute approximate surface area is 185 Å². The fourth-order valence-corrected chi connectivity index (χ4v) is 3.50. The van der Waals surface area contributed by atoms with Crippen LogP contribution in [0, 0.1) is 0 Å². The average molecular weight is 421 g/mol. The molecule has 0 heterocycles. The Kier molecular flexibility index (Phi) is 8.48. The molecule has 2 aromatic rings. The predicted octanol–water partition coefficient (Wildman–Crippen LogP) is 6.11. The summed E-state index contributed by atoms with van der Waals surface area (Å²) in [5.41, 5.74) is 0.362. The Morgan fingerprint density at radius 3 is 2.29 bits per heavy atom. The van der Waals surface area contributed by atoms with Gasteiger partial charge < -0.3 is 14.6 Å². The van der Waals surface area contributed by atoms with Crippen LogP contribution in [0.5, 0.6) is 11.5 Å². The van der Waals surface area contributed by atoms with Crippen molar-refractivity contribution in [3.8, 4) is 11.5 Å². The number of ether oxygens (including phenoxy) is 2. The second-order valence-corrected chi connectivity index (χ2v) is 7.96. The monoisotopic (exact) mass is 420 g/mol. The van der Waals surface area contributed by atoms with Crippen molar-refractivity contribution < 1.29 is 19.4 Å². The van der Waals surface area contributed by atoms with Crippen molar-refractivity contribution in [3.05, 3.63) is 78.4 Å². The van der Waals surface area contributed by atoms with Crippen LogP contribution in [0.4, 0.5) is 0 Å². The van der Waals surface area contributed by atoms with Gasteiger partial charge in [-0.15, -0.1) is 0 Å². The van der Waals surface area contributed by atoms with Gasteiger partial charge in [0.2, 0.25) is 0 Å². The summed E-state index contributed by atoms with van der Waals surface area (Å²) in [5.74, 6) is 0.449. The van der Waals surface area contributed by atoms with Crippen LogP contribution in [0.3, 0.4) is 0 Å². The van der Waals surface area contributed by atoms with E-state index in [-0.39, 0.29) is 6.42 Å². The first kappa shape index (κ1) is 22.8. The Bertz CT molecular complexity index is 883. The summed E-state index contributed by atoms with van der Waals surface area (Å²) in [6.07, 6.45) is 12.6. The Balaban J connectivity index is 1.45. The minimum atomic E-state index is -1.66. The molecule has 2 aromatic carbocycles. The summed E-state index contributed by atoms with van der Waals surface area (Å²) in [6.45, 7) is 2.90. The van der Waals surface area contributed by atoms with Gasteiger partial charge in [-0.25, -0.2) is 4.79 Å². The molecule has 3 rings (SSSR count). The fraction of sp³-hybridized carbons (Fsp3) is 0.370. The third-order valence-corrected chi connectivity index (χ3v) is 5.43. The highest BCUT2D eigenvalue weighted by molar-refractivity contribution is 5.87. The molecule has 0 saturated heterocycles. The minimum Gasteiger partial charge on any atom is -0.494 e. The smallest absolute Gasteiger partial charge is 0.347 e. The van der Waals surface area contributed by atoms with E-state index in [1.807, 2.05) is 36.4 Å². The van der Waals surface area contributed by atoms with Gasteiger partial charge in [0, 0.05) is 6.42 Å². The minimum absolute atomic E-state index is 0.173. The van der Waals surface area contributed by atoms with Crippen LogP contribution in [-0.4, -0.2) is 23.3 Å². The molecule has 0 bridgehead atoms. The van der Waals surface area contributed by atoms with Crippen LogP contribution in [0.1, 0.15) is 57.4 Å². The van der Waals surface area contributed by atoms with Crippen molar-refractivity contribution in [1.29, 1.82) is 0 Å². The van der Waals surface area contributed by atoms with Crippen molar-refractivity contribution in [2.45, 2.75) is 57.5 Å². The molecule has 164 valence electrons. The molecule has 1 atom stereocenters. The van der Waals surface area contributed by atoms with E-state index in [1.165, 1.54) is 38.2 Å². The van der Waals surface area contributed by atoms with E-state index in [2.05, 4.69) is 6.92 Å². The summed E-state index contributed by atoms with van der Waals surface area (Å²) in [7, 11) is 0. The maximum absolute atomic E-state index is 12.6. The SMILES string of the molecule is CCCCCCCCOc1ccc(OC(=O)C2(O)C=CC(c3ccccc3)=CC2)cc1. The standard InChI is InChI=1S/C27H32O4/c1-2-3-4-5-6-10-21-30-24-13-15-25(16-14-24)31-26(28)27(29)19-17-23(18-20-27)22-11-8-7-9-12-22/h7-9,11-19,29H,2-6,10,20-21H2,1H3. The van der Waals surface area contributed by atoms with E-state index < -0.39 is 11.6 Å². The molecule has 0 amide bonds. The number of rotatable bonds is 11. The number of esters is 1. The molecule has 4 heteroatoms. The van der Waals surface area contributed by atoms with E-state index in [0.717, 1.165) is 23.3 Å². The average Bonchev–Trinajstić information content (AvgIpc) is 2.80. The highest BCUT2D eigenvalue weighted by Gasteiger charge is 2.36. The molecule has 0 fully saturated rings. The predicted molar refractivity (Wildman–Crippen MR) is 124 cm³/mol. The molecule has 31 heavy (non-hydrogen) atoms. The molecular weight excluding hydrogens is 388 g/mol. The highest BCUT2D eigenvalue weighted by Crippen LogP contribution is 2.29. The van der Waals surface area contributed by atoms with Gasteiger partial charge in [-0.2, -0.15) is 0 Å². The third kappa shape index (κ3) is 6.83. The molecule has 0 aliphatic heterocycles. The molecule has 1 unspecified atom stereocenters. The number of allylic oxidation sites excluding steroid dienone is 2. The van der Waals surface area contributed by atoms with Crippen LogP contribution in [0.2, 0.25) is 0 Å². The first-order chi connectivity index (χ1) is 15.1. The fourth-order valence-electron chi connectivity index (χ4n) is 3.50. The Morgan fingerprint density at radius 2 is 1.61 bits per heavy atom. The van der Waals surface area contributed by atoms with Gasteiger partial charge in [-0.05, 0) is 47.9 Å². The summed E-state index contributed by atoms with van der Waals surface area (Å²) in [6, 6.07) is 16.8. The Morgan fingerprint density at radius 1 is 0.935 bits per heavy atom. The number of hydrogen-bond donors (Lipinski definition) is 1. The van der Waals surface area contributed by atoms with Gasteiger partial charge in [0.25, 0.3) is 0 Å². The number of carbonyl (C=O) groups excluding carboxylic acids is 1. The quantitative estimate of drug-likeness (QED) is 0.271. The normalized spacial score (nSPS) is 17.8. The van der Waals surface area contributed by atoms with E-state index in [1.54, 1.807) is 30.3 Å². The van der Waals surface area contributed by atoms with E-state index in [0.29, 0.717) is 12.4 Å². The van der Waals surface area contributed by atoms with Crippen LogP contribution in [-0.2, 0) is 4.79 Å². The lowest BCUT2D eigenvalue weighted by Gasteiger charge is -2.24. The molecule has 1 aliphatic carbocycles. The van der Waals surface area contributed by atoms with Crippen LogP contribution >= 0.6 is 0 Å². The maximum atomic E-state index is 12.6. The number of aliphatic hydroxyl groups is 1. The number of hydrogen-bond acceptors (Lipinski definition) is 4. The van der Waals surface area contributed by atoms with Gasteiger partial charge in [0.1, 0.15) is 11.5 Å². The summed E-state index contributed by atoms with van der Waals surface area (Å²) >= 11 is 0. The van der Waals surface area contributed by atoms with Crippen molar-refractivity contribution >= 4 is 11.5 Å². The first-order valence-electron chi connectivity index (χ1n) is 11.2. The van der Waals surface area contributed by atoms with Crippen molar-refractivity contribution in [3.63, 3.8) is 0 Å². The molecular formula is C27H32O4. The highest BCUT2D eigenvalue weighted by atomic mass is 16.6. The summed E-state index contributed by atoms with van der Waals surface area (Å²) < 4.78 is 11.2. The number of carbonyl (C=O) groups is 1. The van der Waals surface area contributed by atoms with Gasteiger partial charge in [-0.3, -0.25) is 0 Å². The maximum Gasteiger partial charge on any atom is 0.347 e. The molecule has 0 aromatic heterocycles. The lowest BCUT2D eigenvalue weighted by molar-refractivity contribution is -0.150. The van der Waals surface area contributed by atoms with Crippen molar-refractivity contribution in [1.82, 2.24) is 0 Å². The lowest BCUT2D eigenvalue weighted by Crippen LogP contribution is -2.40. The van der Waals surface area contributed by atoms with Gasteiger partial charge in [0.05, 0.1) is 6.61 Å². The summed E-state index contributed by atoms with van der Waals surface area (Å²) in [5, 5.41) is 10.7. The molecule has 0 spiro atoms. The summed E-state index contributed by atoms with van der Waals surface area (Å²) in [4.78, 5) is 12.6. The van der Waals surface area contributed by atoms with E-state index in [4.69, 9.17) is 9.47 Å². The molecule has 0 saturated carbocycles. The molecule has 1 N–H and O–H groups in total. The largest absolute Gasteiger partial charge is 0.494 e. The molecule has 0 radical (unpaired) electrons. The Hall–Kier alpha value is -2.85. The van der Waals surface area contributed by atoms with Gasteiger partial charge in [-0.1, -0.05) is 81.5 Å². The van der Waals surface area contributed by atoms with E-state index >= 15 is 0 Å². The second-order valence-electron chi connectivity index (χ2n) is 7.96. The van der Waals surface area contributed by atoms with Crippen molar-refractivity contribution in [2.75, 3.05) is 6.61 Å². The van der Waals surface area contributed by atoms with E-state index in [9.17, 15) is 9.90 Å². The zero-order valence-corrected chi connectivity index (χ0v) is 18.3. The lowest BCUT2D eigenvalue weighted by atomic mass is 9.89. The molecule has 1 aliphatic rings. The topological polar surface area (TPSA) is 55.8 Å². The third-order valence-electron chi connectivity index (χ3n) is 5.43. The number of unbranched alkanes of at least 4 members (excludes halogenated alkanes) is 5. The van der Waals surface area contributed by atoms with Gasteiger partial charge in [0.15, 0.2) is 5.60 Å². The zero-order valence-electron chi connectivity index (χ0n) is 18.3. The van der Waals surface area contributed by atoms with Gasteiger partial charge >= 0.3 is 5.97 Å². The second kappa shape index (κ2) is 11.5. The first-order valence-corrected chi connectivity index (χ1v) is 11.2. The van der Waals surface area contributed by atoms with Crippen LogP contribution < -0.4 is 9.47 Å². The molecule has 4 nitrogen and oxygen atoms in total. The van der Waals surface area contributed by atoms with Crippen LogP contribution in [0.25, 0.3) is 5.57 Å². The number of benzene rings is 2. The van der Waals surface area contributed by atoms with Crippen molar-refractivity contribution in [2.24, 2.45) is 0 Å². The van der Waals surface area contributed by atoms with Crippen LogP contribution in [0.15, 0.2) is 72.8 Å².